The molecule has 0 amide bonds. The first kappa shape index (κ1) is 25.8. The van der Waals surface area contributed by atoms with Gasteiger partial charge in [-0.25, -0.2) is 0 Å². The van der Waals surface area contributed by atoms with Crippen LogP contribution in [0.3, 0.4) is 0 Å². The van der Waals surface area contributed by atoms with Crippen molar-refractivity contribution < 1.29 is 0 Å². The average molecular weight is 483 g/mol. The van der Waals surface area contributed by atoms with Crippen LogP contribution < -0.4 is 0 Å². The lowest BCUT2D eigenvalue weighted by molar-refractivity contribution is 1.25. The number of nitrogens with zero attached hydrogens (tertiary/aromatic N) is 2. The van der Waals surface area contributed by atoms with Crippen LogP contribution in [0, 0.1) is 6.92 Å². The number of hydrogen-bond donors (Lipinski definition) is 0. The van der Waals surface area contributed by atoms with Crippen LogP contribution in [0.15, 0.2) is 126 Å². The van der Waals surface area contributed by atoms with Crippen LogP contribution in [0.25, 0.3) is 11.1 Å². The van der Waals surface area contributed by atoms with Crippen LogP contribution in [0.2, 0.25) is 0 Å². The molecule has 4 aromatic rings. The molecule has 0 spiro atoms. The smallest absolute Gasteiger partial charge is 0.0763 e. The fraction of sp³-hybridized carbons (Fsp3) is 0.143. The third-order valence-corrected chi connectivity index (χ3v) is 6.68. The fourth-order valence-corrected chi connectivity index (χ4v) is 4.46. The Labute approximate surface area is 221 Å². The van der Waals surface area contributed by atoms with Crippen LogP contribution in [-0.2, 0) is 12.8 Å². The molecule has 0 aromatic heterocycles. The molecular weight excluding hydrogens is 448 g/mol. The Morgan fingerprint density at radius 2 is 1.03 bits per heavy atom. The SMILES string of the molecule is C.C=C(Cc1ccc(C2=NN=C(c3ccc(CC(=C)c4ccc(C)cc4)cc3)C2)cc1)c1ccccc1. The summed E-state index contributed by atoms with van der Waals surface area (Å²) in [4.78, 5) is 0. The van der Waals surface area contributed by atoms with Crippen LogP contribution in [-0.4, -0.2) is 11.4 Å². The molecule has 2 nitrogen and oxygen atoms in total. The highest BCUT2D eigenvalue weighted by Gasteiger charge is 2.16. The van der Waals surface area contributed by atoms with Gasteiger partial charge in [-0.15, -0.1) is 0 Å². The van der Waals surface area contributed by atoms with Gasteiger partial charge in [-0.2, -0.15) is 10.2 Å². The molecule has 37 heavy (non-hydrogen) atoms. The van der Waals surface area contributed by atoms with Gasteiger partial charge in [0.05, 0.1) is 11.4 Å². The lowest BCUT2D eigenvalue weighted by Gasteiger charge is -2.09. The number of benzene rings is 4. The number of aryl methyl sites for hydroxylation is 1. The van der Waals surface area contributed by atoms with Crippen LogP contribution in [0.1, 0.15) is 52.8 Å². The van der Waals surface area contributed by atoms with E-state index in [1.54, 1.807) is 0 Å². The van der Waals surface area contributed by atoms with Gasteiger partial charge in [0.25, 0.3) is 0 Å². The van der Waals surface area contributed by atoms with Crippen LogP contribution in [0.4, 0.5) is 0 Å². The van der Waals surface area contributed by atoms with E-state index in [9.17, 15) is 0 Å². The fourth-order valence-electron chi connectivity index (χ4n) is 4.46. The second-order valence-electron chi connectivity index (χ2n) is 9.46. The first-order valence-corrected chi connectivity index (χ1v) is 12.4. The summed E-state index contributed by atoms with van der Waals surface area (Å²) < 4.78 is 0. The van der Waals surface area contributed by atoms with Gasteiger partial charge >= 0.3 is 0 Å². The van der Waals surface area contributed by atoms with Crippen molar-refractivity contribution >= 4 is 22.6 Å². The summed E-state index contributed by atoms with van der Waals surface area (Å²) in [5.74, 6) is 0. The molecule has 1 aliphatic heterocycles. The van der Waals surface area contributed by atoms with Crippen LogP contribution >= 0.6 is 0 Å². The molecule has 0 bridgehead atoms. The average Bonchev–Trinajstić information content (AvgIpc) is 3.41. The van der Waals surface area contributed by atoms with Gasteiger partial charge in [0.1, 0.15) is 0 Å². The molecule has 0 saturated heterocycles. The van der Waals surface area contributed by atoms with E-state index in [1.165, 1.54) is 27.8 Å². The molecule has 0 saturated carbocycles. The minimum atomic E-state index is 0. The van der Waals surface area contributed by atoms with E-state index >= 15 is 0 Å². The monoisotopic (exact) mass is 482 g/mol. The standard InChI is InChI=1S/C34H30N2.CH4/c1-24-9-15-30(16-10-24)26(3)22-28-13-19-32(20-14-28)34-23-33(35-36-34)31-17-11-27(12-18-31)21-25(2)29-7-5-4-6-8-29;/h4-20H,2-3,21-23H2,1H3;1H4. The van der Waals surface area contributed by atoms with E-state index < -0.39 is 0 Å². The molecular formula is C35H34N2. The van der Waals surface area contributed by atoms with Crippen molar-refractivity contribution in [1.29, 1.82) is 0 Å². The van der Waals surface area contributed by atoms with Gasteiger partial charge in [-0.1, -0.05) is 129 Å². The van der Waals surface area contributed by atoms with E-state index in [1.807, 2.05) is 6.07 Å². The summed E-state index contributed by atoms with van der Waals surface area (Å²) in [5, 5.41) is 8.99. The van der Waals surface area contributed by atoms with E-state index in [-0.39, 0.29) is 7.43 Å². The lowest BCUT2D eigenvalue weighted by Crippen LogP contribution is -2.05. The van der Waals surface area contributed by atoms with Gasteiger partial charge in [0.15, 0.2) is 0 Å². The first-order valence-electron chi connectivity index (χ1n) is 12.4. The zero-order valence-corrected chi connectivity index (χ0v) is 20.7. The first-order chi connectivity index (χ1) is 17.5. The summed E-state index contributed by atoms with van der Waals surface area (Å²) in [6, 6.07) is 36.2. The maximum Gasteiger partial charge on any atom is 0.0763 e. The summed E-state index contributed by atoms with van der Waals surface area (Å²) >= 11 is 0. The molecule has 2 heteroatoms. The van der Waals surface area contributed by atoms with Crippen molar-refractivity contribution in [3.8, 4) is 0 Å². The second kappa shape index (κ2) is 11.6. The highest BCUT2D eigenvalue weighted by Crippen LogP contribution is 2.22. The lowest BCUT2D eigenvalue weighted by atomic mass is 9.95. The Balaban J connectivity index is 0.00000320. The molecule has 0 fully saturated rings. The molecule has 0 unspecified atom stereocenters. The number of hydrogen-bond acceptors (Lipinski definition) is 2. The van der Waals surface area contributed by atoms with Gasteiger partial charge in [0.2, 0.25) is 0 Å². The van der Waals surface area contributed by atoms with Crippen LogP contribution in [0.5, 0.6) is 0 Å². The Kier molecular flexibility index (Phi) is 8.10. The van der Waals surface area contributed by atoms with E-state index in [4.69, 9.17) is 0 Å². The van der Waals surface area contributed by atoms with Gasteiger partial charge < -0.3 is 0 Å². The van der Waals surface area contributed by atoms with Gasteiger partial charge in [0, 0.05) is 6.42 Å². The van der Waals surface area contributed by atoms with Crippen molar-refractivity contribution in [3.63, 3.8) is 0 Å². The third-order valence-electron chi connectivity index (χ3n) is 6.68. The van der Waals surface area contributed by atoms with E-state index in [0.29, 0.717) is 0 Å². The molecule has 4 aromatic carbocycles. The second-order valence-corrected chi connectivity index (χ2v) is 9.46. The summed E-state index contributed by atoms with van der Waals surface area (Å²) in [7, 11) is 0. The molecule has 0 N–H and O–H groups in total. The number of rotatable bonds is 8. The Morgan fingerprint density at radius 1 is 0.595 bits per heavy atom. The zero-order valence-electron chi connectivity index (χ0n) is 20.7. The van der Waals surface area contributed by atoms with Crippen molar-refractivity contribution in [2.45, 2.75) is 33.6 Å². The predicted octanol–water partition coefficient (Wildman–Crippen LogP) is 8.74. The quantitative estimate of drug-likeness (QED) is 0.240. The molecule has 1 heterocycles. The Morgan fingerprint density at radius 3 is 1.49 bits per heavy atom. The van der Waals surface area contributed by atoms with Crippen molar-refractivity contribution in [2.75, 3.05) is 0 Å². The summed E-state index contributed by atoms with van der Waals surface area (Å²) in [5.41, 5.74) is 12.6. The zero-order chi connectivity index (χ0) is 24.9. The van der Waals surface area contributed by atoms with Crippen molar-refractivity contribution in [2.24, 2.45) is 10.2 Å². The van der Waals surface area contributed by atoms with Crippen molar-refractivity contribution in [3.05, 3.63) is 155 Å². The Bertz CT molecular complexity index is 1440. The minimum Gasteiger partial charge on any atom is -0.154 e. The van der Waals surface area contributed by atoms with Gasteiger partial charge in [-0.05, 0) is 64.3 Å². The minimum absolute atomic E-state index is 0. The largest absolute Gasteiger partial charge is 0.154 e. The molecule has 5 rings (SSSR count). The van der Waals surface area contributed by atoms with Gasteiger partial charge in [-0.3, -0.25) is 0 Å². The summed E-state index contributed by atoms with van der Waals surface area (Å²) in [6.45, 7) is 10.6. The van der Waals surface area contributed by atoms with E-state index in [2.05, 4.69) is 127 Å². The Hall–Kier alpha value is -4.30. The third kappa shape index (κ3) is 6.29. The predicted molar refractivity (Wildman–Crippen MR) is 160 cm³/mol. The highest BCUT2D eigenvalue weighted by atomic mass is 15.2. The molecule has 1 aliphatic rings. The van der Waals surface area contributed by atoms with Crippen molar-refractivity contribution in [1.82, 2.24) is 0 Å². The maximum atomic E-state index is 4.49. The molecule has 0 aliphatic carbocycles. The summed E-state index contributed by atoms with van der Waals surface area (Å²) in [6.07, 6.45) is 2.41. The highest BCUT2D eigenvalue weighted by molar-refractivity contribution is 6.20. The number of allylic oxidation sites excluding steroid dienone is 2. The molecule has 0 atom stereocenters. The maximum absolute atomic E-state index is 4.49. The normalized spacial score (nSPS) is 12.4. The van der Waals surface area contributed by atoms with E-state index in [0.717, 1.165) is 53.0 Å². The molecule has 0 radical (unpaired) electrons. The molecule has 184 valence electrons. The topological polar surface area (TPSA) is 24.7 Å².